The number of hydrogen-bond acceptors (Lipinski definition) is 3. The van der Waals surface area contributed by atoms with E-state index in [2.05, 4.69) is 5.32 Å². The highest BCUT2D eigenvalue weighted by molar-refractivity contribution is 5.77. The summed E-state index contributed by atoms with van der Waals surface area (Å²) in [6.07, 6.45) is -1.18. The van der Waals surface area contributed by atoms with Gasteiger partial charge < -0.3 is 20.1 Å². The molecule has 1 saturated carbocycles. The average molecular weight is 338 g/mol. The van der Waals surface area contributed by atoms with Gasteiger partial charge in [-0.2, -0.15) is 13.2 Å². The number of carboxylic acids is 1. The van der Waals surface area contributed by atoms with E-state index in [1.54, 1.807) is 7.11 Å². The standard InChI is InChI=1S/C14H21F3N2O4/c1-23-13(3-2-4-13)5-6-18-12(22)19-7-9(11(20)21)10(8-19)14(15,16)17/h9-10H,2-8H2,1H3,(H,18,22)(H,20,21)/t9-,10-/m1/s1. The number of hydrogen-bond donors (Lipinski definition) is 2. The molecule has 2 aliphatic rings. The first-order valence-electron chi connectivity index (χ1n) is 7.56. The van der Waals surface area contributed by atoms with Crippen molar-refractivity contribution in [1.82, 2.24) is 10.2 Å². The van der Waals surface area contributed by atoms with Gasteiger partial charge in [0.1, 0.15) is 0 Å². The van der Waals surface area contributed by atoms with Crippen LogP contribution in [0.2, 0.25) is 0 Å². The Morgan fingerprint density at radius 3 is 2.39 bits per heavy atom. The number of amides is 2. The number of urea groups is 1. The molecule has 0 aromatic carbocycles. The molecular weight excluding hydrogens is 317 g/mol. The van der Waals surface area contributed by atoms with Crippen molar-refractivity contribution in [2.75, 3.05) is 26.7 Å². The molecule has 9 heteroatoms. The molecule has 0 unspecified atom stereocenters. The Bertz CT molecular complexity index is 460. The molecule has 2 rings (SSSR count). The van der Waals surface area contributed by atoms with E-state index in [9.17, 15) is 22.8 Å². The van der Waals surface area contributed by atoms with Gasteiger partial charge in [0.05, 0.1) is 17.4 Å². The fourth-order valence-corrected chi connectivity index (χ4v) is 3.19. The molecule has 0 aromatic heterocycles. The van der Waals surface area contributed by atoms with Gasteiger partial charge in [-0.3, -0.25) is 4.79 Å². The van der Waals surface area contributed by atoms with Crippen molar-refractivity contribution in [3.63, 3.8) is 0 Å². The number of carbonyl (C=O) groups excluding carboxylic acids is 1. The predicted octanol–water partition coefficient (Wildman–Crippen LogP) is 1.85. The molecule has 2 amide bonds. The Labute approximate surface area is 132 Å². The molecule has 2 fully saturated rings. The van der Waals surface area contributed by atoms with Crippen LogP contribution in [0.4, 0.5) is 18.0 Å². The molecule has 0 bridgehead atoms. The first-order valence-corrected chi connectivity index (χ1v) is 7.56. The highest BCUT2D eigenvalue weighted by Gasteiger charge is 2.53. The molecule has 0 spiro atoms. The van der Waals surface area contributed by atoms with Crippen LogP contribution >= 0.6 is 0 Å². The van der Waals surface area contributed by atoms with E-state index in [4.69, 9.17) is 9.84 Å². The van der Waals surface area contributed by atoms with Gasteiger partial charge in [-0.25, -0.2) is 4.79 Å². The van der Waals surface area contributed by atoms with E-state index in [0.29, 0.717) is 6.42 Å². The van der Waals surface area contributed by atoms with Crippen LogP contribution in [0.25, 0.3) is 0 Å². The number of aliphatic carboxylic acids is 1. The third kappa shape index (κ3) is 3.88. The van der Waals surface area contributed by atoms with Gasteiger partial charge in [-0.1, -0.05) is 0 Å². The van der Waals surface area contributed by atoms with Crippen LogP contribution in [0.5, 0.6) is 0 Å². The van der Waals surface area contributed by atoms with E-state index < -0.39 is 43.1 Å². The molecule has 1 aliphatic carbocycles. The first-order chi connectivity index (χ1) is 10.7. The highest BCUT2D eigenvalue weighted by Crippen LogP contribution is 2.38. The second kappa shape index (κ2) is 6.54. The van der Waals surface area contributed by atoms with Crippen molar-refractivity contribution in [1.29, 1.82) is 0 Å². The zero-order valence-corrected chi connectivity index (χ0v) is 12.9. The normalized spacial score (nSPS) is 26.7. The maximum absolute atomic E-state index is 12.9. The monoisotopic (exact) mass is 338 g/mol. The van der Waals surface area contributed by atoms with Gasteiger partial charge in [-0.15, -0.1) is 0 Å². The number of alkyl halides is 3. The Balaban J connectivity index is 1.86. The van der Waals surface area contributed by atoms with E-state index in [1.165, 1.54) is 0 Å². The molecular formula is C14H21F3N2O4. The SMILES string of the molecule is COC1(CCNC(=O)N2C[C@@H](C(F)(F)F)[C@H](C(=O)O)C2)CCC1. The molecule has 1 saturated heterocycles. The molecule has 23 heavy (non-hydrogen) atoms. The summed E-state index contributed by atoms with van der Waals surface area (Å²) in [6.45, 7) is -0.764. The quantitative estimate of drug-likeness (QED) is 0.802. The smallest absolute Gasteiger partial charge is 0.394 e. The van der Waals surface area contributed by atoms with Crippen LogP contribution in [0.1, 0.15) is 25.7 Å². The number of rotatable bonds is 5. The number of ether oxygens (including phenoxy) is 1. The Hall–Kier alpha value is -1.51. The summed E-state index contributed by atoms with van der Waals surface area (Å²) in [5.41, 5.74) is -0.240. The van der Waals surface area contributed by atoms with Gasteiger partial charge in [0.15, 0.2) is 0 Å². The molecule has 0 radical (unpaired) electrons. The Morgan fingerprint density at radius 1 is 1.35 bits per heavy atom. The number of methoxy groups -OCH3 is 1. The van der Waals surface area contributed by atoms with Gasteiger partial charge in [0, 0.05) is 26.7 Å². The third-order valence-electron chi connectivity index (χ3n) is 4.90. The molecule has 6 nitrogen and oxygen atoms in total. The number of likely N-dealkylation sites (tertiary alicyclic amines) is 1. The lowest BCUT2D eigenvalue weighted by Crippen LogP contribution is -2.45. The summed E-state index contributed by atoms with van der Waals surface area (Å²) in [7, 11) is 1.60. The second-order valence-corrected chi connectivity index (χ2v) is 6.22. The summed E-state index contributed by atoms with van der Waals surface area (Å²) < 4.78 is 44.0. The maximum atomic E-state index is 12.9. The lowest BCUT2D eigenvalue weighted by molar-refractivity contribution is -0.187. The van der Waals surface area contributed by atoms with E-state index in [0.717, 1.165) is 24.2 Å². The van der Waals surface area contributed by atoms with Crippen LogP contribution in [0, 0.1) is 11.8 Å². The van der Waals surface area contributed by atoms with E-state index >= 15 is 0 Å². The van der Waals surface area contributed by atoms with Crippen LogP contribution < -0.4 is 5.32 Å². The molecule has 2 N–H and O–H groups in total. The number of halogens is 3. The lowest BCUT2D eigenvalue weighted by atomic mass is 9.77. The van der Waals surface area contributed by atoms with Crippen molar-refractivity contribution in [2.24, 2.45) is 11.8 Å². The zero-order chi connectivity index (χ0) is 17.3. The lowest BCUT2D eigenvalue weighted by Gasteiger charge is -2.40. The van der Waals surface area contributed by atoms with Gasteiger partial charge in [0.2, 0.25) is 0 Å². The van der Waals surface area contributed by atoms with Gasteiger partial charge in [0.25, 0.3) is 0 Å². The van der Waals surface area contributed by atoms with Gasteiger partial charge in [-0.05, 0) is 25.7 Å². The first kappa shape index (κ1) is 17.8. The third-order valence-corrected chi connectivity index (χ3v) is 4.90. The summed E-state index contributed by atoms with van der Waals surface area (Å²) in [5.74, 6) is -5.17. The minimum absolute atomic E-state index is 0.240. The van der Waals surface area contributed by atoms with Gasteiger partial charge >= 0.3 is 18.2 Å². The Morgan fingerprint density at radius 2 is 2.00 bits per heavy atom. The van der Waals surface area contributed by atoms with Crippen molar-refractivity contribution < 1.29 is 32.6 Å². The summed E-state index contributed by atoms with van der Waals surface area (Å²) in [6, 6.07) is -0.659. The molecule has 1 aliphatic heterocycles. The average Bonchev–Trinajstić information content (AvgIpc) is 2.87. The predicted molar refractivity (Wildman–Crippen MR) is 73.9 cm³/mol. The summed E-state index contributed by atoms with van der Waals surface area (Å²) in [4.78, 5) is 23.9. The zero-order valence-electron chi connectivity index (χ0n) is 12.9. The summed E-state index contributed by atoms with van der Waals surface area (Å²) >= 11 is 0. The maximum Gasteiger partial charge on any atom is 0.394 e. The number of carboxylic acid groups (broad SMARTS) is 1. The van der Waals surface area contributed by atoms with E-state index in [-0.39, 0.29) is 12.1 Å². The molecule has 132 valence electrons. The fraction of sp³-hybridized carbons (Fsp3) is 0.857. The molecule has 0 aromatic rings. The highest BCUT2D eigenvalue weighted by atomic mass is 19.4. The van der Waals surface area contributed by atoms with Crippen molar-refractivity contribution in [3.8, 4) is 0 Å². The minimum atomic E-state index is -4.63. The topological polar surface area (TPSA) is 78.9 Å². The van der Waals surface area contributed by atoms with Crippen LogP contribution in [-0.2, 0) is 9.53 Å². The molecule has 2 atom stereocenters. The minimum Gasteiger partial charge on any atom is -0.481 e. The molecule has 1 heterocycles. The van der Waals surface area contributed by atoms with Crippen LogP contribution in [0.3, 0.4) is 0 Å². The van der Waals surface area contributed by atoms with Crippen molar-refractivity contribution in [3.05, 3.63) is 0 Å². The number of nitrogens with one attached hydrogen (secondary N) is 1. The summed E-state index contributed by atoms with van der Waals surface area (Å²) in [5, 5.41) is 11.5. The fourth-order valence-electron chi connectivity index (χ4n) is 3.19. The largest absolute Gasteiger partial charge is 0.481 e. The number of carbonyl (C=O) groups is 2. The number of nitrogens with zero attached hydrogens (tertiary/aromatic N) is 1. The second-order valence-electron chi connectivity index (χ2n) is 6.22. The van der Waals surface area contributed by atoms with Crippen molar-refractivity contribution in [2.45, 2.75) is 37.5 Å². The Kier molecular flexibility index (Phi) is 5.07. The van der Waals surface area contributed by atoms with E-state index in [1.807, 2.05) is 0 Å². The van der Waals surface area contributed by atoms with Crippen LogP contribution in [-0.4, -0.2) is 60.5 Å². The van der Waals surface area contributed by atoms with Crippen LogP contribution in [0.15, 0.2) is 0 Å². The van der Waals surface area contributed by atoms with Crippen molar-refractivity contribution >= 4 is 12.0 Å².